The Hall–Kier alpha value is -2.20. The summed E-state index contributed by atoms with van der Waals surface area (Å²) < 4.78 is 46.0. The van der Waals surface area contributed by atoms with Gasteiger partial charge in [-0.25, -0.2) is 0 Å². The SMILES string of the molecule is Cc1noc(C)c1CSCC(=O)Nc1ccc(N2CCN(C)CC2)cc1C(F)(F)F. The van der Waals surface area contributed by atoms with E-state index in [9.17, 15) is 18.0 Å². The highest BCUT2D eigenvalue weighted by atomic mass is 32.2. The molecule has 2 aromatic rings. The van der Waals surface area contributed by atoms with Gasteiger partial charge in [-0.3, -0.25) is 4.79 Å². The van der Waals surface area contributed by atoms with E-state index in [4.69, 9.17) is 4.52 Å². The number of carbonyl (C=O) groups is 1. The molecule has 0 unspecified atom stereocenters. The summed E-state index contributed by atoms with van der Waals surface area (Å²) >= 11 is 1.30. The molecule has 0 radical (unpaired) electrons. The summed E-state index contributed by atoms with van der Waals surface area (Å²) in [5.41, 5.74) is 1.12. The van der Waals surface area contributed by atoms with Crippen LogP contribution < -0.4 is 10.2 Å². The molecule has 0 spiro atoms. The molecular weight excluding hydrogens is 417 g/mol. The molecule has 1 amide bonds. The van der Waals surface area contributed by atoms with Gasteiger partial charge >= 0.3 is 6.18 Å². The van der Waals surface area contributed by atoms with Gasteiger partial charge in [0, 0.05) is 43.2 Å². The summed E-state index contributed by atoms with van der Waals surface area (Å²) in [5.74, 6) is 0.730. The quantitative estimate of drug-likeness (QED) is 0.732. The number of amides is 1. The van der Waals surface area contributed by atoms with Crippen molar-refractivity contribution in [3.63, 3.8) is 0 Å². The minimum absolute atomic E-state index is 0.0293. The number of nitrogens with zero attached hydrogens (tertiary/aromatic N) is 3. The number of hydrogen-bond acceptors (Lipinski definition) is 6. The van der Waals surface area contributed by atoms with Gasteiger partial charge in [0.05, 0.1) is 22.7 Å². The van der Waals surface area contributed by atoms with Gasteiger partial charge in [0.1, 0.15) is 5.76 Å². The van der Waals surface area contributed by atoms with E-state index in [1.54, 1.807) is 13.0 Å². The number of carbonyl (C=O) groups excluding carboxylic acids is 1. The Bertz CT molecular complexity index is 873. The number of thioether (sulfide) groups is 1. The zero-order chi connectivity index (χ0) is 21.9. The van der Waals surface area contributed by atoms with Crippen LogP contribution in [-0.2, 0) is 16.7 Å². The number of halogens is 3. The molecule has 1 aliphatic heterocycles. The van der Waals surface area contributed by atoms with Gasteiger partial charge in [0.25, 0.3) is 0 Å². The molecule has 3 rings (SSSR count). The second kappa shape index (κ2) is 9.30. The van der Waals surface area contributed by atoms with E-state index in [0.717, 1.165) is 30.4 Å². The number of anilines is 2. The molecule has 30 heavy (non-hydrogen) atoms. The molecule has 6 nitrogen and oxygen atoms in total. The number of hydrogen-bond donors (Lipinski definition) is 1. The van der Waals surface area contributed by atoms with Crippen molar-refractivity contribution in [2.24, 2.45) is 0 Å². The van der Waals surface area contributed by atoms with Gasteiger partial charge in [-0.2, -0.15) is 13.2 Å². The monoisotopic (exact) mass is 442 g/mol. The number of piperazine rings is 1. The normalized spacial score (nSPS) is 15.5. The molecule has 1 fully saturated rings. The Morgan fingerprint density at radius 3 is 2.53 bits per heavy atom. The molecule has 0 saturated carbocycles. The van der Waals surface area contributed by atoms with Crippen LogP contribution in [0.25, 0.3) is 0 Å². The highest BCUT2D eigenvalue weighted by molar-refractivity contribution is 7.99. The first-order valence-electron chi connectivity index (χ1n) is 9.59. The lowest BCUT2D eigenvalue weighted by molar-refractivity contribution is -0.136. The molecule has 1 aliphatic rings. The third-order valence-corrected chi connectivity index (χ3v) is 6.07. The number of aryl methyl sites for hydroxylation is 2. The highest BCUT2D eigenvalue weighted by Crippen LogP contribution is 2.37. The minimum Gasteiger partial charge on any atom is -0.369 e. The van der Waals surface area contributed by atoms with E-state index in [1.807, 2.05) is 18.9 Å². The predicted octanol–water partition coefficient (Wildman–Crippen LogP) is 3.93. The van der Waals surface area contributed by atoms with E-state index in [0.29, 0.717) is 30.3 Å². The van der Waals surface area contributed by atoms with Crippen LogP contribution in [0.4, 0.5) is 24.5 Å². The summed E-state index contributed by atoms with van der Waals surface area (Å²) in [6, 6.07) is 4.10. The molecule has 1 saturated heterocycles. The van der Waals surface area contributed by atoms with Crippen molar-refractivity contribution in [3.8, 4) is 0 Å². The topological polar surface area (TPSA) is 61.6 Å². The summed E-state index contributed by atoms with van der Waals surface area (Å²) in [4.78, 5) is 16.3. The van der Waals surface area contributed by atoms with E-state index in [1.165, 1.54) is 17.8 Å². The van der Waals surface area contributed by atoms with Crippen LogP contribution in [0.1, 0.15) is 22.6 Å². The van der Waals surface area contributed by atoms with E-state index < -0.39 is 17.6 Å². The Kier molecular flexibility index (Phi) is 6.97. The van der Waals surface area contributed by atoms with Crippen LogP contribution in [0.2, 0.25) is 0 Å². The number of aromatic nitrogens is 1. The average Bonchev–Trinajstić information content (AvgIpc) is 3.00. The molecule has 2 heterocycles. The fraction of sp³-hybridized carbons (Fsp3) is 0.500. The van der Waals surface area contributed by atoms with Gasteiger partial charge in [-0.15, -0.1) is 11.8 Å². The molecule has 0 atom stereocenters. The van der Waals surface area contributed by atoms with Crippen LogP contribution in [0.3, 0.4) is 0 Å². The van der Waals surface area contributed by atoms with Crippen molar-refractivity contribution in [2.45, 2.75) is 25.8 Å². The highest BCUT2D eigenvalue weighted by Gasteiger charge is 2.35. The molecule has 1 aromatic heterocycles. The number of likely N-dealkylation sites (N-methyl/N-ethyl adjacent to an activating group) is 1. The molecule has 1 aromatic carbocycles. The maximum Gasteiger partial charge on any atom is 0.418 e. The second-order valence-electron chi connectivity index (χ2n) is 7.36. The Labute approximate surface area is 177 Å². The summed E-state index contributed by atoms with van der Waals surface area (Å²) in [7, 11) is 1.99. The maximum atomic E-state index is 13.6. The van der Waals surface area contributed by atoms with Crippen molar-refractivity contribution in [3.05, 3.63) is 40.8 Å². The van der Waals surface area contributed by atoms with Crippen LogP contribution in [0.15, 0.2) is 22.7 Å². The molecule has 0 aliphatic carbocycles. The molecule has 10 heteroatoms. The average molecular weight is 443 g/mol. The van der Waals surface area contributed by atoms with Crippen molar-refractivity contribution in [1.29, 1.82) is 0 Å². The second-order valence-corrected chi connectivity index (χ2v) is 8.35. The molecule has 1 N–H and O–H groups in total. The molecular formula is C20H25F3N4O2S. The third kappa shape index (κ3) is 5.48. The van der Waals surface area contributed by atoms with Gasteiger partial charge in [0.15, 0.2) is 0 Å². The van der Waals surface area contributed by atoms with Crippen molar-refractivity contribution in [2.75, 3.05) is 49.2 Å². The van der Waals surface area contributed by atoms with Crippen LogP contribution in [-0.4, -0.2) is 54.9 Å². The summed E-state index contributed by atoms with van der Waals surface area (Å²) in [6.45, 7) is 6.51. The predicted molar refractivity (Wildman–Crippen MR) is 112 cm³/mol. The van der Waals surface area contributed by atoms with Crippen molar-refractivity contribution in [1.82, 2.24) is 10.1 Å². The zero-order valence-corrected chi connectivity index (χ0v) is 18.0. The first-order chi connectivity index (χ1) is 14.1. The number of nitrogens with one attached hydrogen (secondary N) is 1. The Morgan fingerprint density at radius 2 is 1.93 bits per heavy atom. The van der Waals surface area contributed by atoms with Crippen molar-refractivity contribution < 1.29 is 22.5 Å². The summed E-state index contributed by atoms with van der Waals surface area (Å²) in [6.07, 6.45) is -4.56. The number of benzene rings is 1. The van der Waals surface area contributed by atoms with Crippen molar-refractivity contribution >= 4 is 29.0 Å². The lowest BCUT2D eigenvalue weighted by Gasteiger charge is -2.34. The number of alkyl halides is 3. The van der Waals surface area contributed by atoms with Crippen LogP contribution in [0, 0.1) is 13.8 Å². The Morgan fingerprint density at radius 1 is 1.23 bits per heavy atom. The van der Waals surface area contributed by atoms with E-state index in [2.05, 4.69) is 15.4 Å². The smallest absolute Gasteiger partial charge is 0.369 e. The van der Waals surface area contributed by atoms with Crippen LogP contribution in [0.5, 0.6) is 0 Å². The minimum atomic E-state index is -4.56. The largest absolute Gasteiger partial charge is 0.418 e. The lowest BCUT2D eigenvalue weighted by Crippen LogP contribution is -2.44. The number of rotatable bonds is 6. The lowest BCUT2D eigenvalue weighted by atomic mass is 10.1. The first-order valence-corrected chi connectivity index (χ1v) is 10.7. The van der Waals surface area contributed by atoms with Gasteiger partial charge in [0.2, 0.25) is 5.91 Å². The fourth-order valence-corrected chi connectivity index (χ4v) is 4.25. The van der Waals surface area contributed by atoms with E-state index >= 15 is 0 Å². The summed E-state index contributed by atoms with van der Waals surface area (Å²) in [5, 5.41) is 6.27. The Balaban J connectivity index is 1.66. The maximum absolute atomic E-state index is 13.6. The third-order valence-electron chi connectivity index (χ3n) is 5.11. The first kappa shape index (κ1) is 22.5. The van der Waals surface area contributed by atoms with Gasteiger partial charge in [-0.05, 0) is 39.1 Å². The molecule has 0 bridgehead atoms. The standard InChI is InChI=1S/C20H25F3N4O2S/c1-13-16(14(2)29-25-13)11-30-12-19(28)24-18-5-4-15(10-17(18)20(21,22)23)27-8-6-26(3)7-9-27/h4-5,10H,6-9,11-12H2,1-3H3,(H,24,28). The molecule has 164 valence electrons. The fourth-order valence-electron chi connectivity index (χ4n) is 3.28. The van der Waals surface area contributed by atoms with Gasteiger partial charge in [-0.1, -0.05) is 5.16 Å². The zero-order valence-electron chi connectivity index (χ0n) is 17.2. The van der Waals surface area contributed by atoms with Gasteiger partial charge < -0.3 is 19.6 Å². The van der Waals surface area contributed by atoms with Crippen LogP contribution >= 0.6 is 11.8 Å². The van der Waals surface area contributed by atoms with E-state index in [-0.39, 0.29) is 11.4 Å².